The highest BCUT2D eigenvalue weighted by atomic mass is 19.1. The number of benzene rings is 1. The molecule has 1 aliphatic carbocycles. The molecule has 21 heavy (non-hydrogen) atoms. The molecule has 1 aliphatic heterocycles. The van der Waals surface area contributed by atoms with Crippen LogP contribution in [-0.2, 0) is 9.31 Å². The molecular weight excluding hydrogens is 268 g/mol. The molecular formula is C16H19BFNO2. The Kier molecular flexibility index (Phi) is 3.16. The number of rotatable bonds is 2. The third-order valence-electron chi connectivity index (χ3n) is 4.81. The first-order valence-corrected chi connectivity index (χ1v) is 7.34. The topological polar surface area (TPSA) is 42.2 Å². The van der Waals surface area contributed by atoms with Crippen molar-refractivity contribution in [2.24, 2.45) is 0 Å². The smallest absolute Gasteiger partial charge is 0.399 e. The lowest BCUT2D eigenvalue weighted by Crippen LogP contribution is -2.41. The molecule has 110 valence electrons. The molecule has 3 nitrogen and oxygen atoms in total. The fourth-order valence-corrected chi connectivity index (χ4v) is 2.58. The van der Waals surface area contributed by atoms with Gasteiger partial charge >= 0.3 is 7.12 Å². The fraction of sp³-hybridized carbons (Fsp3) is 0.562. The quantitative estimate of drug-likeness (QED) is 0.785. The van der Waals surface area contributed by atoms with Crippen molar-refractivity contribution in [3.05, 3.63) is 29.1 Å². The summed E-state index contributed by atoms with van der Waals surface area (Å²) in [5.41, 5.74) is 0.472. The average Bonchev–Trinajstić information content (AvgIpc) is 3.17. The highest BCUT2D eigenvalue weighted by Crippen LogP contribution is 2.41. The van der Waals surface area contributed by atoms with Crippen molar-refractivity contribution in [2.75, 3.05) is 0 Å². The zero-order valence-electron chi connectivity index (χ0n) is 12.9. The molecule has 0 atom stereocenters. The van der Waals surface area contributed by atoms with Crippen LogP contribution in [-0.4, -0.2) is 18.3 Å². The predicted octanol–water partition coefficient (Wildman–Crippen LogP) is 2.87. The maximum atomic E-state index is 14.2. The maximum Gasteiger partial charge on any atom is 0.496 e. The molecule has 0 unspecified atom stereocenters. The molecule has 1 aromatic rings. The molecule has 1 heterocycles. The lowest BCUT2D eigenvalue weighted by atomic mass is 9.75. The lowest BCUT2D eigenvalue weighted by Gasteiger charge is -2.32. The van der Waals surface area contributed by atoms with Crippen LogP contribution in [0.15, 0.2) is 12.1 Å². The van der Waals surface area contributed by atoms with Crippen LogP contribution in [0.4, 0.5) is 4.39 Å². The molecule has 0 N–H and O–H groups in total. The Morgan fingerprint density at radius 1 is 1.19 bits per heavy atom. The Balaban J connectivity index is 2.04. The largest absolute Gasteiger partial charge is 0.496 e. The predicted molar refractivity (Wildman–Crippen MR) is 78.8 cm³/mol. The zero-order chi connectivity index (χ0) is 15.4. The molecule has 0 radical (unpaired) electrons. The van der Waals surface area contributed by atoms with Crippen LogP contribution < -0.4 is 5.46 Å². The highest BCUT2D eigenvalue weighted by molar-refractivity contribution is 6.62. The van der Waals surface area contributed by atoms with Crippen LogP contribution in [0.25, 0.3) is 0 Å². The van der Waals surface area contributed by atoms with Crippen molar-refractivity contribution >= 4 is 12.6 Å². The van der Waals surface area contributed by atoms with Crippen LogP contribution in [0.2, 0.25) is 0 Å². The first kappa shape index (κ1) is 14.6. The van der Waals surface area contributed by atoms with E-state index >= 15 is 0 Å². The van der Waals surface area contributed by atoms with Gasteiger partial charge in [-0.25, -0.2) is 4.39 Å². The van der Waals surface area contributed by atoms with E-state index in [1.54, 1.807) is 0 Å². The summed E-state index contributed by atoms with van der Waals surface area (Å²) in [6.07, 6.45) is 2.16. The summed E-state index contributed by atoms with van der Waals surface area (Å²) in [6, 6.07) is 5.30. The summed E-state index contributed by atoms with van der Waals surface area (Å²) in [5, 5.41) is 9.26. The van der Waals surface area contributed by atoms with Crippen LogP contribution in [0.1, 0.15) is 57.6 Å². The minimum absolute atomic E-state index is 0.0258. The molecule has 2 aliphatic rings. The monoisotopic (exact) mass is 287 g/mol. The van der Waals surface area contributed by atoms with Crippen molar-refractivity contribution in [3.63, 3.8) is 0 Å². The molecule has 3 rings (SSSR count). The summed E-state index contributed by atoms with van der Waals surface area (Å²) in [4.78, 5) is 0. The first-order chi connectivity index (χ1) is 9.75. The van der Waals surface area contributed by atoms with Gasteiger partial charge in [0.15, 0.2) is 0 Å². The molecule has 1 saturated carbocycles. The second-order valence-electron chi connectivity index (χ2n) is 6.94. The molecule has 0 spiro atoms. The van der Waals surface area contributed by atoms with E-state index < -0.39 is 24.1 Å². The van der Waals surface area contributed by atoms with E-state index in [-0.39, 0.29) is 5.56 Å². The van der Waals surface area contributed by atoms with Crippen LogP contribution >= 0.6 is 0 Å². The third kappa shape index (κ3) is 2.37. The van der Waals surface area contributed by atoms with Crippen LogP contribution in [0.5, 0.6) is 0 Å². The molecule has 5 heteroatoms. The summed E-state index contributed by atoms with van der Waals surface area (Å²) in [6.45, 7) is 7.78. The van der Waals surface area contributed by atoms with Crippen molar-refractivity contribution in [3.8, 4) is 6.07 Å². The van der Waals surface area contributed by atoms with Gasteiger partial charge in [0, 0.05) is 5.46 Å². The minimum atomic E-state index is -0.696. The van der Waals surface area contributed by atoms with Crippen molar-refractivity contribution in [2.45, 2.75) is 57.7 Å². The summed E-state index contributed by atoms with van der Waals surface area (Å²) >= 11 is 0. The summed E-state index contributed by atoms with van der Waals surface area (Å²) in [5.74, 6) is -0.0694. The number of nitriles is 1. The second kappa shape index (κ2) is 4.56. The zero-order valence-corrected chi connectivity index (χ0v) is 12.9. The lowest BCUT2D eigenvalue weighted by molar-refractivity contribution is 0.00578. The Morgan fingerprint density at radius 3 is 2.24 bits per heavy atom. The number of halogens is 1. The van der Waals surface area contributed by atoms with E-state index in [0.717, 1.165) is 18.4 Å². The molecule has 1 saturated heterocycles. The van der Waals surface area contributed by atoms with E-state index in [4.69, 9.17) is 9.31 Å². The highest BCUT2D eigenvalue weighted by Gasteiger charge is 2.52. The normalized spacial score (nSPS) is 23.1. The van der Waals surface area contributed by atoms with Crippen molar-refractivity contribution in [1.29, 1.82) is 5.26 Å². The van der Waals surface area contributed by atoms with Gasteiger partial charge in [-0.05, 0) is 58.1 Å². The Labute approximate surface area is 125 Å². The van der Waals surface area contributed by atoms with E-state index in [2.05, 4.69) is 0 Å². The Hall–Kier alpha value is -1.38. The van der Waals surface area contributed by atoms with Gasteiger partial charge in [0.05, 0.1) is 16.8 Å². The van der Waals surface area contributed by atoms with E-state index in [0.29, 0.717) is 11.4 Å². The molecule has 0 amide bonds. The van der Waals surface area contributed by atoms with Gasteiger partial charge in [0.25, 0.3) is 0 Å². The van der Waals surface area contributed by atoms with Gasteiger partial charge in [-0.15, -0.1) is 0 Å². The SMILES string of the molecule is CC1(C)OB(c2cc(C3CC3)cc(F)c2C#N)OC1(C)C. The van der Waals surface area contributed by atoms with Gasteiger partial charge in [-0.1, -0.05) is 6.07 Å². The Morgan fingerprint density at radius 2 is 1.76 bits per heavy atom. The van der Waals surface area contributed by atoms with Crippen molar-refractivity contribution < 1.29 is 13.7 Å². The molecule has 2 fully saturated rings. The number of nitrogens with zero attached hydrogens (tertiary/aromatic N) is 1. The van der Waals surface area contributed by atoms with Gasteiger partial charge in [0.2, 0.25) is 0 Å². The van der Waals surface area contributed by atoms with E-state index in [1.165, 1.54) is 6.07 Å². The Bertz CT molecular complexity index is 616. The molecule has 1 aromatic carbocycles. The minimum Gasteiger partial charge on any atom is -0.399 e. The average molecular weight is 287 g/mol. The molecule has 0 bridgehead atoms. The summed E-state index contributed by atoms with van der Waals surface area (Å²) < 4.78 is 26.1. The van der Waals surface area contributed by atoms with Crippen LogP contribution in [0.3, 0.4) is 0 Å². The van der Waals surface area contributed by atoms with Crippen LogP contribution in [0, 0.1) is 17.1 Å². The number of hydrogen-bond acceptors (Lipinski definition) is 3. The third-order valence-corrected chi connectivity index (χ3v) is 4.81. The van der Waals surface area contributed by atoms with Gasteiger partial charge < -0.3 is 9.31 Å². The van der Waals surface area contributed by atoms with Gasteiger partial charge in [0.1, 0.15) is 11.9 Å². The maximum absolute atomic E-state index is 14.2. The molecule has 0 aromatic heterocycles. The first-order valence-electron chi connectivity index (χ1n) is 7.34. The fourth-order valence-electron chi connectivity index (χ4n) is 2.58. The standard InChI is InChI=1S/C16H19BFNO2/c1-15(2)16(3,4)21-17(20-15)13-7-11(10-5-6-10)8-14(18)12(13)9-19/h7-8,10H,5-6H2,1-4H3. The van der Waals surface area contributed by atoms with Gasteiger partial charge in [-0.2, -0.15) is 5.26 Å². The van der Waals surface area contributed by atoms with Crippen molar-refractivity contribution in [1.82, 2.24) is 0 Å². The summed E-state index contributed by atoms with van der Waals surface area (Å²) in [7, 11) is -0.696. The second-order valence-corrected chi connectivity index (χ2v) is 6.94. The number of hydrogen-bond donors (Lipinski definition) is 0. The van der Waals surface area contributed by atoms with E-state index in [1.807, 2.05) is 39.8 Å². The van der Waals surface area contributed by atoms with E-state index in [9.17, 15) is 9.65 Å². The van der Waals surface area contributed by atoms with Gasteiger partial charge in [-0.3, -0.25) is 0 Å².